The normalized spacial score (nSPS) is 10.3. The van der Waals surface area contributed by atoms with Crippen LogP contribution in [0, 0.1) is 0 Å². The lowest BCUT2D eigenvalue weighted by molar-refractivity contribution is -0.0498. The highest BCUT2D eigenvalue weighted by molar-refractivity contribution is 6.35. The lowest BCUT2D eigenvalue weighted by Gasteiger charge is -2.09. The van der Waals surface area contributed by atoms with Crippen LogP contribution in [0.1, 0.15) is 27.6 Å². The number of benzene rings is 1. The molecule has 86 valence electrons. The third-order valence-corrected chi connectivity index (χ3v) is 2.25. The summed E-state index contributed by atoms with van der Waals surface area (Å²) < 4.78 is 28.0. The van der Waals surface area contributed by atoms with Gasteiger partial charge >= 0.3 is 6.61 Å². The van der Waals surface area contributed by atoms with Crippen LogP contribution >= 0.6 is 11.6 Å². The second-order valence-electron chi connectivity index (χ2n) is 2.89. The Morgan fingerprint density at radius 3 is 2.56 bits per heavy atom. The molecular formula is C10H7ClF2O3. The molecule has 16 heavy (non-hydrogen) atoms. The van der Waals surface area contributed by atoms with Gasteiger partial charge in [-0.3, -0.25) is 9.59 Å². The first-order valence-corrected chi connectivity index (χ1v) is 4.58. The molecule has 0 radical (unpaired) electrons. The third kappa shape index (κ3) is 2.55. The lowest BCUT2D eigenvalue weighted by atomic mass is 10.0. The van der Waals surface area contributed by atoms with Crippen molar-refractivity contribution in [2.24, 2.45) is 0 Å². The van der Waals surface area contributed by atoms with Crippen molar-refractivity contribution >= 4 is 23.7 Å². The molecule has 1 rings (SSSR count). The van der Waals surface area contributed by atoms with Crippen molar-refractivity contribution in [3.8, 4) is 5.75 Å². The molecule has 0 N–H and O–H groups in total. The second kappa shape index (κ2) is 5.03. The Kier molecular flexibility index (Phi) is 3.95. The molecule has 3 nitrogen and oxygen atoms in total. The van der Waals surface area contributed by atoms with Crippen molar-refractivity contribution in [2.75, 3.05) is 0 Å². The summed E-state index contributed by atoms with van der Waals surface area (Å²) in [7, 11) is 0. The second-order valence-corrected chi connectivity index (χ2v) is 3.27. The van der Waals surface area contributed by atoms with Crippen LogP contribution in [-0.4, -0.2) is 18.7 Å². The maximum atomic E-state index is 12.0. The number of carbonyl (C=O) groups is 2. The maximum Gasteiger partial charge on any atom is 0.387 e. The minimum atomic E-state index is -3.04. The van der Waals surface area contributed by atoms with Crippen LogP contribution in [0.2, 0.25) is 5.02 Å². The molecule has 0 spiro atoms. The number of rotatable bonds is 4. The zero-order chi connectivity index (χ0) is 12.3. The summed E-state index contributed by atoms with van der Waals surface area (Å²) in [6.45, 7) is -1.80. The monoisotopic (exact) mass is 248 g/mol. The highest BCUT2D eigenvalue weighted by Gasteiger charge is 2.17. The number of Topliss-reactive ketones (excluding diaryl/α,β-unsaturated/α-hetero) is 1. The van der Waals surface area contributed by atoms with Gasteiger partial charge in [-0.05, 0) is 19.1 Å². The molecular weight excluding hydrogens is 242 g/mol. The van der Waals surface area contributed by atoms with E-state index in [1.54, 1.807) is 0 Å². The highest BCUT2D eigenvalue weighted by Crippen LogP contribution is 2.31. The van der Waals surface area contributed by atoms with Crippen molar-refractivity contribution in [2.45, 2.75) is 13.5 Å². The van der Waals surface area contributed by atoms with Gasteiger partial charge in [-0.15, -0.1) is 0 Å². The molecule has 0 unspecified atom stereocenters. The van der Waals surface area contributed by atoms with Crippen LogP contribution < -0.4 is 4.74 Å². The van der Waals surface area contributed by atoms with Gasteiger partial charge in [0.2, 0.25) is 0 Å². The molecule has 0 aliphatic carbocycles. The summed E-state index contributed by atoms with van der Waals surface area (Å²) in [4.78, 5) is 21.8. The van der Waals surface area contributed by atoms with Crippen molar-refractivity contribution < 1.29 is 23.1 Å². The first-order chi connectivity index (χ1) is 7.47. The van der Waals surface area contributed by atoms with Crippen molar-refractivity contribution in [1.82, 2.24) is 0 Å². The molecule has 0 bridgehead atoms. The van der Waals surface area contributed by atoms with Gasteiger partial charge in [-0.1, -0.05) is 11.6 Å². The summed E-state index contributed by atoms with van der Waals surface area (Å²) in [5.74, 6) is -0.712. The summed E-state index contributed by atoms with van der Waals surface area (Å²) in [5.41, 5.74) is -0.0751. The van der Waals surface area contributed by atoms with E-state index in [9.17, 15) is 18.4 Å². The summed E-state index contributed by atoms with van der Waals surface area (Å²) in [5, 5.41) is -0.289. The average molecular weight is 249 g/mol. The van der Waals surface area contributed by atoms with Gasteiger partial charge in [-0.25, -0.2) is 0 Å². The van der Waals surface area contributed by atoms with Gasteiger partial charge < -0.3 is 4.74 Å². The molecule has 0 saturated heterocycles. The Morgan fingerprint density at radius 2 is 2.12 bits per heavy atom. The number of halogens is 3. The van der Waals surface area contributed by atoms with Gasteiger partial charge in [0.25, 0.3) is 0 Å². The van der Waals surface area contributed by atoms with Crippen LogP contribution in [0.4, 0.5) is 8.78 Å². The minimum absolute atomic E-state index is 0.0709. The predicted octanol–water partition coefficient (Wildman–Crippen LogP) is 2.96. The standard InChI is InChI=1S/C10H7ClF2O3/c1-5(15)6-2-3-8(16-10(12)13)9(11)7(6)4-14/h2-4,10H,1H3. The van der Waals surface area contributed by atoms with E-state index >= 15 is 0 Å². The fraction of sp³-hybridized carbons (Fsp3) is 0.200. The van der Waals surface area contributed by atoms with Gasteiger partial charge in [-0.2, -0.15) is 8.78 Å². The Labute approximate surface area is 95.0 Å². The molecule has 0 amide bonds. The number of hydrogen-bond donors (Lipinski definition) is 0. The number of ether oxygens (including phenoxy) is 1. The van der Waals surface area contributed by atoms with Gasteiger partial charge in [0, 0.05) is 11.1 Å². The molecule has 0 atom stereocenters. The molecule has 1 aromatic rings. The van der Waals surface area contributed by atoms with Crippen LogP contribution in [0.5, 0.6) is 5.75 Å². The van der Waals surface area contributed by atoms with Crippen molar-refractivity contribution in [1.29, 1.82) is 0 Å². The molecule has 0 aromatic heterocycles. The van der Waals surface area contributed by atoms with Gasteiger partial charge in [0.05, 0.1) is 5.02 Å². The summed E-state index contributed by atoms with van der Waals surface area (Å²) in [6, 6.07) is 2.34. The number of carbonyl (C=O) groups excluding carboxylic acids is 2. The SMILES string of the molecule is CC(=O)c1ccc(OC(F)F)c(Cl)c1C=O. The van der Waals surface area contributed by atoms with Crippen molar-refractivity contribution in [3.05, 3.63) is 28.3 Å². The zero-order valence-corrected chi connectivity index (χ0v) is 8.92. The Bertz CT molecular complexity index is 432. The largest absolute Gasteiger partial charge is 0.433 e. The van der Waals surface area contributed by atoms with Gasteiger partial charge in [0.15, 0.2) is 12.1 Å². The Morgan fingerprint density at radius 1 is 1.50 bits per heavy atom. The topological polar surface area (TPSA) is 43.4 Å². The van der Waals surface area contributed by atoms with Crippen LogP contribution in [0.15, 0.2) is 12.1 Å². The molecule has 1 aromatic carbocycles. The van der Waals surface area contributed by atoms with Crippen LogP contribution in [0.25, 0.3) is 0 Å². The van der Waals surface area contributed by atoms with E-state index in [-0.39, 0.29) is 27.7 Å². The summed E-state index contributed by atoms with van der Waals surface area (Å²) in [6.07, 6.45) is 0.331. The highest BCUT2D eigenvalue weighted by atomic mass is 35.5. The van der Waals surface area contributed by atoms with E-state index < -0.39 is 6.61 Å². The molecule has 6 heteroatoms. The maximum absolute atomic E-state index is 12.0. The van der Waals surface area contributed by atoms with E-state index in [4.69, 9.17) is 11.6 Å². The number of alkyl halides is 2. The molecule has 0 heterocycles. The molecule has 0 saturated carbocycles. The predicted molar refractivity (Wildman–Crippen MR) is 53.5 cm³/mol. The average Bonchev–Trinajstić information content (AvgIpc) is 2.19. The number of aldehydes is 1. The van der Waals surface area contributed by atoms with E-state index in [0.717, 1.165) is 6.07 Å². The minimum Gasteiger partial charge on any atom is -0.433 e. The lowest BCUT2D eigenvalue weighted by Crippen LogP contribution is -2.06. The number of ketones is 1. The van der Waals surface area contributed by atoms with Crippen LogP contribution in [0.3, 0.4) is 0 Å². The van der Waals surface area contributed by atoms with E-state index in [0.29, 0.717) is 6.29 Å². The number of hydrogen-bond acceptors (Lipinski definition) is 3. The van der Waals surface area contributed by atoms with E-state index in [1.165, 1.54) is 13.0 Å². The third-order valence-electron chi connectivity index (χ3n) is 1.86. The quantitative estimate of drug-likeness (QED) is 0.608. The fourth-order valence-corrected chi connectivity index (χ4v) is 1.44. The first kappa shape index (κ1) is 12.6. The molecule has 0 aliphatic rings. The zero-order valence-electron chi connectivity index (χ0n) is 8.17. The molecule has 0 aliphatic heterocycles. The van der Waals surface area contributed by atoms with Gasteiger partial charge in [0.1, 0.15) is 5.75 Å². The Hall–Kier alpha value is -1.49. The van der Waals surface area contributed by atoms with E-state index in [1.807, 2.05) is 0 Å². The van der Waals surface area contributed by atoms with E-state index in [2.05, 4.69) is 4.74 Å². The first-order valence-electron chi connectivity index (χ1n) is 4.20. The fourth-order valence-electron chi connectivity index (χ4n) is 1.18. The Balaban J connectivity index is 3.28. The van der Waals surface area contributed by atoms with Crippen LogP contribution in [-0.2, 0) is 0 Å². The smallest absolute Gasteiger partial charge is 0.387 e. The summed E-state index contributed by atoms with van der Waals surface area (Å²) >= 11 is 5.66. The van der Waals surface area contributed by atoms with Crippen molar-refractivity contribution in [3.63, 3.8) is 0 Å². The molecule has 0 fully saturated rings.